The number of fused-ring (bicyclic) bond motifs is 4. The summed E-state index contributed by atoms with van der Waals surface area (Å²) in [6, 6.07) is -0.890. The Labute approximate surface area is 227 Å². The van der Waals surface area contributed by atoms with Crippen LogP contribution in [0.5, 0.6) is 0 Å². The highest BCUT2D eigenvalue weighted by molar-refractivity contribution is 6.44. The van der Waals surface area contributed by atoms with Crippen LogP contribution in [-0.4, -0.2) is 46.3 Å². The smallest absolute Gasteiger partial charge is 0.302 e. The van der Waals surface area contributed by atoms with Crippen LogP contribution in [0, 0.1) is 34.0 Å². The average Bonchev–Trinajstić information content (AvgIpc) is 3.02. The number of ether oxygens (including phenoxy) is 1. The van der Waals surface area contributed by atoms with Gasteiger partial charge in [0, 0.05) is 29.6 Å². The highest BCUT2D eigenvalue weighted by Gasteiger charge is 2.75. The number of ketones is 2. The zero-order valence-corrected chi connectivity index (χ0v) is 24.5. The molecule has 0 aromatic heterocycles. The molecular weight excluding hydrogens is 482 g/mol. The Morgan fingerprint density at radius 2 is 1.68 bits per heavy atom. The Hall–Kier alpha value is -2.02. The lowest BCUT2D eigenvalue weighted by atomic mass is 9.47. The SMILES string of the molecule is CC(=O)O[C@@H]1CCC2=C(CC(=O)N[C@@H]3[C@]2(O)C(=O)C(=O)[C@]2(C)[C@H]([C@H](C)CCCC(C)C)CC[C@@]32C)C1(C)C. The Morgan fingerprint density at radius 3 is 2.29 bits per heavy atom. The number of hydrogen-bond acceptors (Lipinski definition) is 6. The molecule has 0 aromatic carbocycles. The maximum absolute atomic E-state index is 14.2. The number of esters is 1. The second-order valence-corrected chi connectivity index (χ2v) is 14.0. The summed E-state index contributed by atoms with van der Waals surface area (Å²) in [5, 5.41) is 15.5. The van der Waals surface area contributed by atoms with Crippen molar-refractivity contribution in [1.82, 2.24) is 5.32 Å². The minimum absolute atomic E-state index is 0.00219. The van der Waals surface area contributed by atoms with Crippen molar-refractivity contribution in [2.45, 2.75) is 125 Å². The second-order valence-electron chi connectivity index (χ2n) is 14.0. The number of rotatable bonds is 6. The van der Waals surface area contributed by atoms with E-state index < -0.39 is 51.5 Å². The minimum atomic E-state index is -2.10. The summed E-state index contributed by atoms with van der Waals surface area (Å²) < 4.78 is 5.60. The van der Waals surface area contributed by atoms with Gasteiger partial charge < -0.3 is 15.2 Å². The van der Waals surface area contributed by atoms with Gasteiger partial charge in [-0.1, -0.05) is 67.7 Å². The van der Waals surface area contributed by atoms with Crippen molar-refractivity contribution < 1.29 is 29.0 Å². The third-order valence-electron chi connectivity index (χ3n) is 11.1. The van der Waals surface area contributed by atoms with Crippen LogP contribution in [-0.2, 0) is 23.9 Å². The number of Topliss-reactive ketones (excluding diaryl/α,β-unsaturated/α-hetero) is 2. The number of carbonyl (C=O) groups excluding carboxylic acids is 4. The molecule has 2 N–H and O–H groups in total. The van der Waals surface area contributed by atoms with Crippen LogP contribution in [0.3, 0.4) is 0 Å². The van der Waals surface area contributed by atoms with Crippen LogP contribution >= 0.6 is 0 Å². The molecule has 2 saturated carbocycles. The third-order valence-corrected chi connectivity index (χ3v) is 11.1. The molecule has 1 aliphatic heterocycles. The van der Waals surface area contributed by atoms with Crippen molar-refractivity contribution in [1.29, 1.82) is 0 Å². The zero-order valence-electron chi connectivity index (χ0n) is 24.5. The van der Waals surface area contributed by atoms with E-state index in [4.69, 9.17) is 4.74 Å². The van der Waals surface area contributed by atoms with Gasteiger partial charge in [0.05, 0.1) is 6.04 Å². The van der Waals surface area contributed by atoms with Gasteiger partial charge in [0.15, 0.2) is 5.60 Å². The summed E-state index contributed by atoms with van der Waals surface area (Å²) in [7, 11) is 0. The summed E-state index contributed by atoms with van der Waals surface area (Å²) in [6.45, 7) is 15.6. The number of amides is 1. The van der Waals surface area contributed by atoms with E-state index in [0.717, 1.165) is 25.7 Å². The summed E-state index contributed by atoms with van der Waals surface area (Å²) >= 11 is 0. The van der Waals surface area contributed by atoms with Crippen LogP contribution in [0.1, 0.15) is 107 Å². The Kier molecular flexibility index (Phi) is 7.29. The molecule has 212 valence electrons. The lowest BCUT2D eigenvalue weighted by Crippen LogP contribution is -2.75. The molecule has 0 bridgehead atoms. The minimum Gasteiger partial charge on any atom is -0.462 e. The highest BCUT2D eigenvalue weighted by atomic mass is 16.5. The lowest BCUT2D eigenvalue weighted by molar-refractivity contribution is -0.176. The normalized spacial score (nSPS) is 39.2. The summed E-state index contributed by atoms with van der Waals surface area (Å²) in [5.74, 6) is -1.10. The molecule has 3 aliphatic carbocycles. The van der Waals surface area contributed by atoms with E-state index >= 15 is 0 Å². The molecule has 7 heteroatoms. The van der Waals surface area contributed by atoms with Crippen molar-refractivity contribution in [2.75, 3.05) is 0 Å². The van der Waals surface area contributed by atoms with E-state index in [0.29, 0.717) is 36.3 Å². The zero-order chi connectivity index (χ0) is 28.4. The topological polar surface area (TPSA) is 110 Å². The maximum Gasteiger partial charge on any atom is 0.302 e. The Bertz CT molecular complexity index is 1070. The van der Waals surface area contributed by atoms with Gasteiger partial charge in [-0.2, -0.15) is 0 Å². The van der Waals surface area contributed by atoms with Gasteiger partial charge in [0.2, 0.25) is 17.5 Å². The van der Waals surface area contributed by atoms with Gasteiger partial charge >= 0.3 is 5.97 Å². The maximum atomic E-state index is 14.2. The predicted octanol–water partition coefficient (Wildman–Crippen LogP) is 4.69. The van der Waals surface area contributed by atoms with Crippen LogP contribution < -0.4 is 5.32 Å². The fourth-order valence-corrected chi connectivity index (χ4v) is 8.68. The van der Waals surface area contributed by atoms with Crippen molar-refractivity contribution in [3.63, 3.8) is 0 Å². The number of nitrogens with one attached hydrogen (secondary N) is 1. The van der Waals surface area contributed by atoms with E-state index in [1.165, 1.54) is 6.92 Å². The first-order chi connectivity index (χ1) is 17.5. The van der Waals surface area contributed by atoms with E-state index in [-0.39, 0.29) is 24.2 Å². The molecule has 1 heterocycles. The van der Waals surface area contributed by atoms with Crippen LogP contribution in [0.25, 0.3) is 0 Å². The van der Waals surface area contributed by atoms with Crippen molar-refractivity contribution >= 4 is 23.4 Å². The van der Waals surface area contributed by atoms with Gasteiger partial charge in [-0.25, -0.2) is 0 Å². The molecule has 4 rings (SSSR count). The predicted molar refractivity (Wildman–Crippen MR) is 144 cm³/mol. The molecule has 1 amide bonds. The molecule has 0 unspecified atom stereocenters. The van der Waals surface area contributed by atoms with E-state index in [9.17, 15) is 24.3 Å². The summed E-state index contributed by atoms with van der Waals surface area (Å²) in [6.07, 6.45) is 4.84. The molecule has 7 nitrogen and oxygen atoms in total. The average molecular weight is 530 g/mol. The molecule has 2 fully saturated rings. The number of hydrogen-bond donors (Lipinski definition) is 2. The van der Waals surface area contributed by atoms with Gasteiger partial charge in [-0.3, -0.25) is 19.2 Å². The Balaban J connectivity index is 1.79. The molecule has 38 heavy (non-hydrogen) atoms. The molecule has 0 radical (unpaired) electrons. The first-order valence-electron chi connectivity index (χ1n) is 14.5. The van der Waals surface area contributed by atoms with Gasteiger partial charge in [0.1, 0.15) is 6.10 Å². The molecule has 0 aromatic rings. The fraction of sp³-hybridized carbons (Fsp3) is 0.806. The van der Waals surface area contributed by atoms with Crippen molar-refractivity contribution in [3.05, 3.63) is 11.1 Å². The largest absolute Gasteiger partial charge is 0.462 e. The van der Waals surface area contributed by atoms with Gasteiger partial charge in [0.25, 0.3) is 0 Å². The highest BCUT2D eigenvalue weighted by Crippen LogP contribution is 2.66. The molecular formula is C31H47NO6. The summed E-state index contributed by atoms with van der Waals surface area (Å²) in [5.41, 5.74) is -3.53. The van der Waals surface area contributed by atoms with Gasteiger partial charge in [-0.15, -0.1) is 0 Å². The van der Waals surface area contributed by atoms with Gasteiger partial charge in [-0.05, 0) is 54.6 Å². The fourth-order valence-electron chi connectivity index (χ4n) is 8.68. The number of carbonyl (C=O) groups is 4. The summed E-state index contributed by atoms with van der Waals surface area (Å²) in [4.78, 5) is 53.6. The van der Waals surface area contributed by atoms with Crippen molar-refractivity contribution in [3.8, 4) is 0 Å². The second kappa shape index (κ2) is 9.57. The monoisotopic (exact) mass is 529 g/mol. The van der Waals surface area contributed by atoms with E-state index in [1.807, 2.05) is 27.7 Å². The standard InChI is InChI=1S/C31H47NO6/c1-17(2)10-9-11-18(3)20-14-15-29(7)27-31(37,26(36)25(35)30(20,29)8)21-12-13-23(38-19(4)33)28(5,6)22(21)16-24(34)32-27/h17-18,20,23,27,37H,9-16H2,1-8H3,(H,32,34)/t18-,20+,23-,27+,29+,30+,31-/m1/s1. The Morgan fingerprint density at radius 1 is 1.03 bits per heavy atom. The van der Waals surface area contributed by atoms with E-state index in [2.05, 4.69) is 26.1 Å². The quantitative estimate of drug-likeness (QED) is 0.293. The van der Waals surface area contributed by atoms with Crippen LogP contribution in [0.4, 0.5) is 0 Å². The first kappa shape index (κ1) is 29.0. The molecule has 0 spiro atoms. The molecule has 0 saturated heterocycles. The van der Waals surface area contributed by atoms with Crippen LogP contribution in [0.15, 0.2) is 11.1 Å². The first-order valence-corrected chi connectivity index (χ1v) is 14.5. The molecule has 4 aliphatic rings. The van der Waals surface area contributed by atoms with Crippen molar-refractivity contribution in [2.24, 2.45) is 34.0 Å². The third kappa shape index (κ3) is 4.01. The molecule has 7 atom stereocenters. The van der Waals surface area contributed by atoms with Crippen LogP contribution in [0.2, 0.25) is 0 Å². The number of aliphatic hydroxyl groups is 1. The lowest BCUT2D eigenvalue weighted by Gasteiger charge is -2.57. The van der Waals surface area contributed by atoms with E-state index in [1.54, 1.807) is 0 Å².